The van der Waals surface area contributed by atoms with Gasteiger partial charge in [-0.3, -0.25) is 0 Å². The predicted molar refractivity (Wildman–Crippen MR) is 76.2 cm³/mol. The van der Waals surface area contributed by atoms with E-state index in [4.69, 9.17) is 4.74 Å². The zero-order valence-corrected chi connectivity index (χ0v) is 11.3. The summed E-state index contributed by atoms with van der Waals surface area (Å²) in [6.45, 7) is 2.06. The molecule has 0 aliphatic carbocycles. The van der Waals surface area contributed by atoms with Crippen molar-refractivity contribution in [3.63, 3.8) is 0 Å². The average molecular weight is 251 g/mol. The van der Waals surface area contributed by atoms with Crippen LogP contribution in [0.4, 0.5) is 0 Å². The van der Waals surface area contributed by atoms with Crippen molar-refractivity contribution < 1.29 is 4.74 Å². The smallest absolute Gasteiger partial charge is 0.123 e. The molecule has 0 amide bonds. The third-order valence-electron chi connectivity index (χ3n) is 3.19. The van der Waals surface area contributed by atoms with Gasteiger partial charge < -0.3 is 4.74 Å². The summed E-state index contributed by atoms with van der Waals surface area (Å²) in [4.78, 5) is 0. The summed E-state index contributed by atoms with van der Waals surface area (Å²) < 4.78 is 5.34. The SMILES string of the molecule is COc1ccccc1C(C#N)Cc1cccc(C)c1. The largest absolute Gasteiger partial charge is 0.496 e. The minimum atomic E-state index is -0.182. The van der Waals surface area contributed by atoms with E-state index in [1.807, 2.05) is 30.3 Å². The molecule has 0 saturated heterocycles. The summed E-state index contributed by atoms with van der Waals surface area (Å²) >= 11 is 0. The molecule has 2 aromatic carbocycles. The summed E-state index contributed by atoms with van der Waals surface area (Å²) in [6, 6.07) is 18.4. The van der Waals surface area contributed by atoms with E-state index in [1.165, 1.54) is 11.1 Å². The first-order valence-electron chi connectivity index (χ1n) is 6.32. The fourth-order valence-electron chi connectivity index (χ4n) is 2.25. The van der Waals surface area contributed by atoms with Crippen LogP contribution in [0.2, 0.25) is 0 Å². The number of benzene rings is 2. The highest BCUT2D eigenvalue weighted by Gasteiger charge is 2.15. The average Bonchev–Trinajstić information content (AvgIpc) is 2.45. The molecule has 0 fully saturated rings. The van der Waals surface area contributed by atoms with Gasteiger partial charge in [-0.2, -0.15) is 5.26 Å². The second-order valence-electron chi connectivity index (χ2n) is 4.62. The van der Waals surface area contributed by atoms with Gasteiger partial charge in [-0.05, 0) is 25.0 Å². The van der Waals surface area contributed by atoms with Gasteiger partial charge in [0.2, 0.25) is 0 Å². The Kier molecular flexibility index (Phi) is 4.20. The second-order valence-corrected chi connectivity index (χ2v) is 4.62. The van der Waals surface area contributed by atoms with Crippen LogP contribution in [0.1, 0.15) is 22.6 Å². The maximum absolute atomic E-state index is 9.42. The van der Waals surface area contributed by atoms with Gasteiger partial charge in [-0.15, -0.1) is 0 Å². The number of aryl methyl sites for hydroxylation is 1. The molecular weight excluding hydrogens is 234 g/mol. The van der Waals surface area contributed by atoms with Gasteiger partial charge in [0.1, 0.15) is 5.75 Å². The number of rotatable bonds is 4. The van der Waals surface area contributed by atoms with Gasteiger partial charge in [0, 0.05) is 5.56 Å². The van der Waals surface area contributed by atoms with Crippen LogP contribution < -0.4 is 4.74 Å². The van der Waals surface area contributed by atoms with E-state index in [0.717, 1.165) is 11.3 Å². The molecule has 2 aromatic rings. The molecule has 1 atom stereocenters. The van der Waals surface area contributed by atoms with Gasteiger partial charge in [-0.1, -0.05) is 48.0 Å². The molecule has 0 N–H and O–H groups in total. The maximum Gasteiger partial charge on any atom is 0.123 e. The number of ether oxygens (including phenoxy) is 1. The molecule has 19 heavy (non-hydrogen) atoms. The molecule has 0 radical (unpaired) electrons. The molecule has 0 bridgehead atoms. The predicted octanol–water partition coefficient (Wildman–Crippen LogP) is 3.85. The third-order valence-corrected chi connectivity index (χ3v) is 3.19. The monoisotopic (exact) mass is 251 g/mol. The van der Waals surface area contributed by atoms with Crippen molar-refractivity contribution in [1.82, 2.24) is 0 Å². The number of methoxy groups -OCH3 is 1. The normalized spacial score (nSPS) is 11.6. The molecule has 2 rings (SSSR count). The number of nitrogens with zero attached hydrogens (tertiary/aromatic N) is 1. The van der Waals surface area contributed by atoms with E-state index in [0.29, 0.717) is 6.42 Å². The molecule has 2 heteroatoms. The topological polar surface area (TPSA) is 33.0 Å². The van der Waals surface area contributed by atoms with Crippen molar-refractivity contribution in [2.24, 2.45) is 0 Å². The van der Waals surface area contributed by atoms with Crippen LogP contribution in [0.15, 0.2) is 48.5 Å². The van der Waals surface area contributed by atoms with Crippen LogP contribution in [0.25, 0.3) is 0 Å². The zero-order chi connectivity index (χ0) is 13.7. The Morgan fingerprint density at radius 1 is 1.16 bits per heavy atom. The van der Waals surface area contributed by atoms with Crippen LogP contribution in [0.3, 0.4) is 0 Å². The summed E-state index contributed by atoms with van der Waals surface area (Å²) in [5.41, 5.74) is 3.35. The molecular formula is C17H17NO. The van der Waals surface area contributed by atoms with Gasteiger partial charge in [0.05, 0.1) is 19.1 Å². The van der Waals surface area contributed by atoms with Gasteiger partial charge in [-0.25, -0.2) is 0 Å². The molecule has 0 aliphatic rings. The number of nitriles is 1. The molecule has 0 spiro atoms. The first kappa shape index (κ1) is 13.2. The van der Waals surface area contributed by atoms with Crippen LogP contribution >= 0.6 is 0 Å². The van der Waals surface area contributed by atoms with E-state index in [1.54, 1.807) is 7.11 Å². The van der Waals surface area contributed by atoms with E-state index in [9.17, 15) is 5.26 Å². The van der Waals surface area contributed by atoms with Gasteiger partial charge >= 0.3 is 0 Å². The summed E-state index contributed by atoms with van der Waals surface area (Å²) in [6.07, 6.45) is 0.707. The van der Waals surface area contributed by atoms with Gasteiger partial charge in [0.15, 0.2) is 0 Å². The minimum absolute atomic E-state index is 0.182. The van der Waals surface area contributed by atoms with E-state index >= 15 is 0 Å². The Morgan fingerprint density at radius 3 is 2.63 bits per heavy atom. The molecule has 96 valence electrons. The van der Waals surface area contributed by atoms with Crippen molar-refractivity contribution in [3.05, 3.63) is 65.2 Å². The van der Waals surface area contributed by atoms with E-state index in [2.05, 4.69) is 31.2 Å². The van der Waals surface area contributed by atoms with Crippen LogP contribution in [0.5, 0.6) is 5.75 Å². The fourth-order valence-corrected chi connectivity index (χ4v) is 2.25. The Hall–Kier alpha value is -2.27. The number of hydrogen-bond donors (Lipinski definition) is 0. The lowest BCUT2D eigenvalue weighted by Gasteiger charge is -2.13. The van der Waals surface area contributed by atoms with Crippen LogP contribution in [0, 0.1) is 18.3 Å². The first-order valence-corrected chi connectivity index (χ1v) is 6.32. The van der Waals surface area contributed by atoms with Crippen molar-refractivity contribution >= 4 is 0 Å². The fraction of sp³-hybridized carbons (Fsp3) is 0.235. The lowest BCUT2D eigenvalue weighted by Crippen LogP contribution is -2.03. The van der Waals surface area contributed by atoms with Crippen molar-refractivity contribution in [2.75, 3.05) is 7.11 Å². The summed E-state index contributed by atoms with van der Waals surface area (Å²) in [5.74, 6) is 0.597. The third kappa shape index (κ3) is 3.14. The molecule has 0 aliphatic heterocycles. The highest BCUT2D eigenvalue weighted by Crippen LogP contribution is 2.28. The van der Waals surface area contributed by atoms with Crippen LogP contribution in [-0.4, -0.2) is 7.11 Å². The summed E-state index contributed by atoms with van der Waals surface area (Å²) in [7, 11) is 1.64. The first-order chi connectivity index (χ1) is 9.24. The highest BCUT2D eigenvalue weighted by atomic mass is 16.5. The quantitative estimate of drug-likeness (QED) is 0.826. The molecule has 0 heterocycles. The van der Waals surface area contributed by atoms with Crippen molar-refractivity contribution in [3.8, 4) is 11.8 Å². The molecule has 0 aromatic heterocycles. The second kappa shape index (κ2) is 6.06. The Labute approximate surface area is 114 Å². The molecule has 0 saturated carbocycles. The van der Waals surface area contributed by atoms with Crippen LogP contribution in [-0.2, 0) is 6.42 Å². The van der Waals surface area contributed by atoms with Crippen molar-refractivity contribution in [1.29, 1.82) is 5.26 Å². The Bertz CT molecular complexity index is 598. The summed E-state index contributed by atoms with van der Waals surface area (Å²) in [5, 5.41) is 9.42. The van der Waals surface area contributed by atoms with E-state index in [-0.39, 0.29) is 5.92 Å². The van der Waals surface area contributed by atoms with Crippen molar-refractivity contribution in [2.45, 2.75) is 19.3 Å². The number of para-hydroxylation sites is 1. The van der Waals surface area contributed by atoms with Gasteiger partial charge in [0.25, 0.3) is 0 Å². The standard InChI is InChI=1S/C17H17NO/c1-13-6-5-7-14(10-13)11-15(12-18)16-8-3-4-9-17(16)19-2/h3-10,15H,11H2,1-2H3. The highest BCUT2D eigenvalue weighted by molar-refractivity contribution is 5.40. The molecule has 1 unspecified atom stereocenters. The maximum atomic E-state index is 9.42. The zero-order valence-electron chi connectivity index (χ0n) is 11.3. The minimum Gasteiger partial charge on any atom is -0.496 e. The number of hydrogen-bond acceptors (Lipinski definition) is 2. The molecule has 2 nitrogen and oxygen atoms in total. The Morgan fingerprint density at radius 2 is 1.95 bits per heavy atom. The lowest BCUT2D eigenvalue weighted by molar-refractivity contribution is 0.408. The Balaban J connectivity index is 2.28. The lowest BCUT2D eigenvalue weighted by atomic mass is 9.92. The van der Waals surface area contributed by atoms with E-state index < -0.39 is 0 Å².